The lowest BCUT2D eigenvalue weighted by atomic mass is 9.87. The van der Waals surface area contributed by atoms with E-state index < -0.39 is 25.0 Å². The maximum absolute atomic E-state index is 13.4. The lowest BCUT2D eigenvalue weighted by molar-refractivity contribution is -0.0311. The van der Waals surface area contributed by atoms with Crippen molar-refractivity contribution in [2.75, 3.05) is 19.9 Å². The van der Waals surface area contributed by atoms with Crippen LogP contribution < -0.4 is 5.32 Å². The van der Waals surface area contributed by atoms with Crippen LogP contribution in [0.1, 0.15) is 12.5 Å². The first-order valence-corrected chi connectivity index (χ1v) is 7.09. The highest BCUT2D eigenvalue weighted by Gasteiger charge is 2.38. The zero-order valence-electron chi connectivity index (χ0n) is 10.7. The molecule has 5 heteroatoms. The molecule has 0 spiro atoms. The van der Waals surface area contributed by atoms with Gasteiger partial charge in [-0.3, -0.25) is 0 Å². The summed E-state index contributed by atoms with van der Waals surface area (Å²) >= 11 is 1.51. The van der Waals surface area contributed by atoms with Gasteiger partial charge >= 0.3 is 0 Å². The van der Waals surface area contributed by atoms with Crippen molar-refractivity contribution in [3.8, 4) is 0 Å². The Morgan fingerprint density at radius 1 is 1.37 bits per heavy atom. The monoisotopic (exact) mass is 285 g/mol. The summed E-state index contributed by atoms with van der Waals surface area (Å²) < 4.78 is 27.4. The second kappa shape index (κ2) is 5.94. The normalized spacial score (nSPS) is 16.4. The first kappa shape index (κ1) is 14.4. The third-order valence-corrected chi connectivity index (χ3v) is 4.22. The minimum absolute atomic E-state index is 0.411. The Bertz CT molecular complexity index is 545. The summed E-state index contributed by atoms with van der Waals surface area (Å²) in [6.45, 7) is 0.421. The minimum Gasteiger partial charge on any atom is -0.381 e. The fourth-order valence-electron chi connectivity index (χ4n) is 2.19. The van der Waals surface area contributed by atoms with E-state index in [1.165, 1.54) is 11.3 Å². The lowest BCUT2D eigenvalue weighted by Gasteiger charge is -2.33. The molecule has 0 saturated heterocycles. The van der Waals surface area contributed by atoms with E-state index in [1.807, 2.05) is 17.5 Å². The minimum atomic E-state index is -1.83. The van der Waals surface area contributed by atoms with Crippen molar-refractivity contribution in [2.45, 2.75) is 18.6 Å². The average molecular weight is 285 g/mol. The van der Waals surface area contributed by atoms with Gasteiger partial charge in [-0.2, -0.15) is 0 Å². The molecule has 0 aliphatic heterocycles. The smallest absolute Gasteiger partial charge is 0.136 e. The fourth-order valence-corrected chi connectivity index (χ4v) is 3.02. The highest BCUT2D eigenvalue weighted by Crippen LogP contribution is 2.31. The molecule has 2 nitrogen and oxygen atoms in total. The average Bonchev–Trinajstić information content (AvgIpc) is 2.91. The zero-order chi connectivity index (χ0) is 13.9. The van der Waals surface area contributed by atoms with Gasteiger partial charge < -0.3 is 10.4 Å². The molecule has 2 N–H and O–H groups in total. The summed E-state index contributed by atoms with van der Waals surface area (Å²) in [4.78, 5) is 0. The third kappa shape index (κ3) is 2.63. The van der Waals surface area contributed by atoms with Gasteiger partial charge in [0.2, 0.25) is 0 Å². The van der Waals surface area contributed by atoms with Gasteiger partial charge in [-0.25, -0.2) is 8.78 Å². The van der Waals surface area contributed by atoms with Gasteiger partial charge in [0.05, 0.1) is 6.04 Å². The van der Waals surface area contributed by atoms with Crippen molar-refractivity contribution in [2.24, 2.45) is 0 Å². The number of halogens is 2. The number of hydrogen-bond donors (Lipinski definition) is 2. The van der Waals surface area contributed by atoms with Crippen LogP contribution in [0.4, 0.5) is 8.78 Å². The Hall–Kier alpha value is -1.04. The second-order valence-corrected chi connectivity index (χ2v) is 5.44. The molecule has 1 aromatic heterocycles. The van der Waals surface area contributed by atoms with Crippen LogP contribution in [0.25, 0.3) is 10.1 Å². The molecule has 1 aromatic carbocycles. The first-order valence-electron chi connectivity index (χ1n) is 6.21. The quantitative estimate of drug-likeness (QED) is 0.855. The number of hydrogen-bond acceptors (Lipinski definition) is 3. The third-order valence-electron chi connectivity index (χ3n) is 3.34. The van der Waals surface area contributed by atoms with Crippen molar-refractivity contribution in [1.29, 1.82) is 0 Å². The van der Waals surface area contributed by atoms with E-state index in [0.717, 1.165) is 10.1 Å². The second-order valence-electron chi connectivity index (χ2n) is 4.50. The van der Waals surface area contributed by atoms with E-state index in [1.54, 1.807) is 19.1 Å². The molecule has 0 bridgehead atoms. The number of likely N-dealkylation sites (N-methyl/N-ethyl adjacent to an activating group) is 1. The SMILES string of the molecule is CCNC(CF)C(O)(CF)c1ccc2ccsc2c1. The molecule has 2 atom stereocenters. The number of aliphatic hydroxyl groups is 1. The summed E-state index contributed by atoms with van der Waals surface area (Å²) in [7, 11) is 0. The van der Waals surface area contributed by atoms with Gasteiger partial charge in [0, 0.05) is 4.70 Å². The van der Waals surface area contributed by atoms with Crippen molar-refractivity contribution < 1.29 is 13.9 Å². The molecule has 0 aliphatic carbocycles. The van der Waals surface area contributed by atoms with Crippen molar-refractivity contribution >= 4 is 21.4 Å². The standard InChI is InChI=1S/C14H17F2NOS/c1-2-17-13(8-15)14(18,9-16)11-4-3-10-5-6-19-12(10)7-11/h3-7,13,17-18H,2,8-9H2,1H3. The molecule has 2 aromatic rings. The lowest BCUT2D eigenvalue weighted by Crippen LogP contribution is -2.51. The molecule has 0 fully saturated rings. The number of nitrogens with one attached hydrogen (secondary N) is 1. The molecule has 0 aliphatic rings. The molecule has 104 valence electrons. The molecule has 2 unspecified atom stereocenters. The van der Waals surface area contributed by atoms with E-state index in [0.29, 0.717) is 12.1 Å². The maximum atomic E-state index is 13.4. The Labute approximate surface area is 115 Å². The topological polar surface area (TPSA) is 32.3 Å². The predicted octanol–water partition coefficient (Wildman–Crippen LogP) is 3.01. The molecule has 0 saturated carbocycles. The number of fused-ring (bicyclic) bond motifs is 1. The maximum Gasteiger partial charge on any atom is 0.136 e. The van der Waals surface area contributed by atoms with Gasteiger partial charge in [0.25, 0.3) is 0 Å². The highest BCUT2D eigenvalue weighted by molar-refractivity contribution is 7.17. The van der Waals surface area contributed by atoms with Gasteiger partial charge in [-0.05, 0) is 35.0 Å². The van der Waals surface area contributed by atoms with Crippen LogP contribution in [0.3, 0.4) is 0 Å². The zero-order valence-corrected chi connectivity index (χ0v) is 11.5. The van der Waals surface area contributed by atoms with Crippen LogP contribution in [-0.2, 0) is 5.60 Å². The molecule has 1 heterocycles. The first-order chi connectivity index (χ1) is 9.15. The summed E-state index contributed by atoms with van der Waals surface area (Å²) in [5, 5.41) is 16.3. The van der Waals surface area contributed by atoms with E-state index >= 15 is 0 Å². The van der Waals surface area contributed by atoms with Gasteiger partial charge in [-0.1, -0.05) is 19.1 Å². The van der Waals surface area contributed by atoms with Gasteiger partial charge in [0.15, 0.2) is 0 Å². The predicted molar refractivity (Wildman–Crippen MR) is 75.1 cm³/mol. The molecule has 2 rings (SSSR count). The Morgan fingerprint density at radius 2 is 2.16 bits per heavy atom. The van der Waals surface area contributed by atoms with Crippen molar-refractivity contribution in [3.05, 3.63) is 35.2 Å². The number of benzene rings is 1. The van der Waals surface area contributed by atoms with Crippen LogP contribution in [0.15, 0.2) is 29.6 Å². The summed E-state index contributed by atoms with van der Waals surface area (Å²) in [5.74, 6) is 0. The van der Waals surface area contributed by atoms with E-state index in [-0.39, 0.29) is 0 Å². The molecular formula is C14H17F2NOS. The fraction of sp³-hybridized carbons (Fsp3) is 0.429. The van der Waals surface area contributed by atoms with Crippen LogP contribution in [-0.4, -0.2) is 31.0 Å². The number of rotatable bonds is 6. The van der Waals surface area contributed by atoms with E-state index in [2.05, 4.69) is 5.32 Å². The Balaban J connectivity index is 2.43. The number of alkyl halides is 2. The van der Waals surface area contributed by atoms with Crippen molar-refractivity contribution in [1.82, 2.24) is 5.32 Å². The van der Waals surface area contributed by atoms with Gasteiger partial charge in [0.1, 0.15) is 19.0 Å². The molecular weight excluding hydrogens is 268 g/mol. The van der Waals surface area contributed by atoms with E-state index in [9.17, 15) is 13.9 Å². The van der Waals surface area contributed by atoms with Crippen molar-refractivity contribution in [3.63, 3.8) is 0 Å². The number of thiophene rings is 1. The Kier molecular flexibility index (Phi) is 4.50. The van der Waals surface area contributed by atoms with Gasteiger partial charge in [-0.15, -0.1) is 11.3 Å². The summed E-state index contributed by atoms with van der Waals surface area (Å²) in [6.07, 6.45) is 0. The van der Waals surface area contributed by atoms with Crippen LogP contribution in [0, 0.1) is 0 Å². The van der Waals surface area contributed by atoms with E-state index in [4.69, 9.17) is 0 Å². The molecule has 0 amide bonds. The van der Waals surface area contributed by atoms with Crippen LogP contribution in [0.5, 0.6) is 0 Å². The summed E-state index contributed by atoms with van der Waals surface area (Å²) in [5.41, 5.74) is -1.42. The summed E-state index contributed by atoms with van der Waals surface area (Å²) in [6, 6.07) is 6.23. The van der Waals surface area contributed by atoms with Crippen LogP contribution in [0.2, 0.25) is 0 Å². The molecule has 0 radical (unpaired) electrons. The van der Waals surface area contributed by atoms with Crippen LogP contribution >= 0.6 is 11.3 Å². The highest BCUT2D eigenvalue weighted by atomic mass is 32.1. The largest absolute Gasteiger partial charge is 0.381 e. The Morgan fingerprint density at radius 3 is 2.79 bits per heavy atom. The molecule has 19 heavy (non-hydrogen) atoms.